The highest BCUT2D eigenvalue weighted by molar-refractivity contribution is 7.80. The summed E-state index contributed by atoms with van der Waals surface area (Å²) in [5.41, 5.74) is 6.43. The first-order chi connectivity index (χ1) is 9.47. The Morgan fingerprint density at radius 2 is 1.95 bits per heavy atom. The maximum absolute atomic E-state index is 12.4. The molecule has 1 amide bonds. The van der Waals surface area contributed by atoms with Crippen LogP contribution in [0.3, 0.4) is 0 Å². The normalized spacial score (nSPS) is 11.5. The molecule has 0 aliphatic heterocycles. The summed E-state index contributed by atoms with van der Waals surface area (Å²) in [6.07, 6.45) is 0.136. The van der Waals surface area contributed by atoms with Crippen LogP contribution in [0.15, 0.2) is 30.3 Å². The lowest BCUT2D eigenvalue weighted by molar-refractivity contribution is -0.141. The molecule has 0 aromatic heterocycles. The molecule has 108 valence electrons. The average Bonchev–Trinajstić information content (AvgIpc) is 2.45. The van der Waals surface area contributed by atoms with E-state index in [2.05, 4.69) is 4.74 Å². The molecule has 1 atom stereocenters. The molecule has 1 aromatic rings. The molecule has 1 rings (SSSR count). The Kier molecular flexibility index (Phi) is 6.11. The van der Waals surface area contributed by atoms with Gasteiger partial charge in [0.1, 0.15) is 5.92 Å². The molecule has 0 fully saturated rings. The van der Waals surface area contributed by atoms with Crippen LogP contribution in [0.2, 0.25) is 0 Å². The molecule has 0 heterocycles. The standard InChI is InChI=1S/C14H18N2O3S/c1-16(9-8-11(17)19-2)14(18)12(13(15)20)10-6-4-3-5-7-10/h3-7,12H,8-9H2,1-2H3,(H2,15,20). The highest BCUT2D eigenvalue weighted by atomic mass is 32.1. The summed E-state index contributed by atoms with van der Waals surface area (Å²) >= 11 is 4.99. The molecule has 0 saturated carbocycles. The van der Waals surface area contributed by atoms with Crippen molar-refractivity contribution >= 4 is 29.1 Å². The summed E-state index contributed by atoms with van der Waals surface area (Å²) in [6.45, 7) is 0.261. The monoisotopic (exact) mass is 294 g/mol. The molecule has 0 aliphatic carbocycles. The van der Waals surface area contributed by atoms with Gasteiger partial charge in [-0.05, 0) is 5.56 Å². The van der Waals surface area contributed by atoms with Gasteiger partial charge in [0.2, 0.25) is 5.91 Å². The number of nitrogens with zero attached hydrogens (tertiary/aromatic N) is 1. The highest BCUT2D eigenvalue weighted by Crippen LogP contribution is 2.18. The number of ether oxygens (including phenoxy) is 1. The summed E-state index contributed by atoms with van der Waals surface area (Å²) < 4.78 is 4.55. The molecule has 1 aromatic carbocycles. The predicted octanol–water partition coefficient (Wildman–Crippen LogP) is 1.08. The van der Waals surface area contributed by atoms with E-state index in [1.165, 1.54) is 12.0 Å². The van der Waals surface area contributed by atoms with Gasteiger partial charge in [0.05, 0.1) is 18.5 Å². The van der Waals surface area contributed by atoms with Crippen molar-refractivity contribution in [3.63, 3.8) is 0 Å². The Hall–Kier alpha value is -1.95. The number of benzene rings is 1. The SMILES string of the molecule is COC(=O)CCN(C)C(=O)C(C(N)=S)c1ccccc1. The van der Waals surface area contributed by atoms with E-state index in [0.29, 0.717) is 0 Å². The van der Waals surface area contributed by atoms with E-state index in [4.69, 9.17) is 18.0 Å². The van der Waals surface area contributed by atoms with Crippen LogP contribution in [0.4, 0.5) is 0 Å². The van der Waals surface area contributed by atoms with Gasteiger partial charge in [-0.3, -0.25) is 9.59 Å². The van der Waals surface area contributed by atoms with Crippen molar-refractivity contribution in [3.05, 3.63) is 35.9 Å². The Morgan fingerprint density at radius 1 is 1.35 bits per heavy atom. The zero-order chi connectivity index (χ0) is 15.1. The number of thiocarbonyl (C=S) groups is 1. The Bertz CT molecular complexity index is 490. The number of likely N-dealkylation sites (N-methyl/N-ethyl adjacent to an activating group) is 1. The average molecular weight is 294 g/mol. The van der Waals surface area contributed by atoms with Gasteiger partial charge < -0.3 is 15.4 Å². The molecule has 0 radical (unpaired) electrons. The van der Waals surface area contributed by atoms with E-state index in [1.54, 1.807) is 19.2 Å². The van der Waals surface area contributed by atoms with E-state index in [1.807, 2.05) is 18.2 Å². The van der Waals surface area contributed by atoms with Crippen LogP contribution in [0.25, 0.3) is 0 Å². The molecule has 1 unspecified atom stereocenters. The predicted molar refractivity (Wildman–Crippen MR) is 80.2 cm³/mol. The number of hydrogen-bond donors (Lipinski definition) is 1. The minimum absolute atomic E-state index is 0.117. The minimum atomic E-state index is -0.672. The summed E-state index contributed by atoms with van der Waals surface area (Å²) in [4.78, 5) is 25.0. The Morgan fingerprint density at radius 3 is 2.45 bits per heavy atom. The lowest BCUT2D eigenvalue weighted by Gasteiger charge is -2.23. The van der Waals surface area contributed by atoms with E-state index < -0.39 is 5.92 Å². The number of carbonyl (C=O) groups excluding carboxylic acids is 2. The Labute approximate surface area is 123 Å². The molecule has 2 N–H and O–H groups in total. The van der Waals surface area contributed by atoms with E-state index in [0.717, 1.165) is 5.56 Å². The first-order valence-corrected chi connectivity index (χ1v) is 6.54. The minimum Gasteiger partial charge on any atom is -0.469 e. The van der Waals surface area contributed by atoms with Gasteiger partial charge in [-0.2, -0.15) is 0 Å². The third-order valence-corrected chi connectivity index (χ3v) is 3.16. The van der Waals surface area contributed by atoms with Crippen molar-refractivity contribution in [2.75, 3.05) is 20.7 Å². The number of methoxy groups -OCH3 is 1. The fourth-order valence-electron chi connectivity index (χ4n) is 1.77. The second-order valence-electron chi connectivity index (χ2n) is 4.33. The molecule has 20 heavy (non-hydrogen) atoms. The van der Waals surface area contributed by atoms with Crippen LogP contribution in [0.1, 0.15) is 17.9 Å². The van der Waals surface area contributed by atoms with Gasteiger partial charge in [-0.15, -0.1) is 0 Å². The number of nitrogens with two attached hydrogens (primary N) is 1. The smallest absolute Gasteiger partial charge is 0.307 e. The lowest BCUT2D eigenvalue weighted by atomic mass is 9.97. The molecule has 0 saturated heterocycles. The van der Waals surface area contributed by atoms with E-state index >= 15 is 0 Å². The quantitative estimate of drug-likeness (QED) is 0.628. The van der Waals surface area contributed by atoms with Gasteiger partial charge in [0.25, 0.3) is 0 Å². The van der Waals surface area contributed by atoms with Crippen molar-refractivity contribution in [2.24, 2.45) is 5.73 Å². The van der Waals surface area contributed by atoms with Crippen LogP contribution >= 0.6 is 12.2 Å². The number of rotatable bonds is 6. The molecule has 0 spiro atoms. The van der Waals surface area contributed by atoms with Crippen LogP contribution in [0.5, 0.6) is 0 Å². The second-order valence-corrected chi connectivity index (χ2v) is 4.80. The molecule has 0 bridgehead atoms. The first kappa shape index (κ1) is 16.1. The molecule has 6 heteroatoms. The summed E-state index contributed by atoms with van der Waals surface area (Å²) in [6, 6.07) is 9.10. The van der Waals surface area contributed by atoms with E-state index in [-0.39, 0.29) is 29.8 Å². The second kappa shape index (κ2) is 7.59. The third kappa shape index (κ3) is 4.31. The van der Waals surface area contributed by atoms with Crippen LogP contribution in [0, 0.1) is 0 Å². The lowest BCUT2D eigenvalue weighted by Crippen LogP contribution is -2.38. The zero-order valence-corrected chi connectivity index (χ0v) is 12.4. The fraction of sp³-hybridized carbons (Fsp3) is 0.357. The number of hydrogen-bond acceptors (Lipinski definition) is 4. The van der Waals surface area contributed by atoms with Gasteiger partial charge in [0, 0.05) is 13.6 Å². The number of amides is 1. The topological polar surface area (TPSA) is 72.6 Å². The van der Waals surface area contributed by atoms with Gasteiger partial charge in [-0.1, -0.05) is 42.5 Å². The summed E-state index contributed by atoms with van der Waals surface area (Å²) in [5, 5.41) is 0. The van der Waals surface area contributed by atoms with Crippen molar-refractivity contribution in [1.82, 2.24) is 4.90 Å². The first-order valence-electron chi connectivity index (χ1n) is 6.13. The van der Waals surface area contributed by atoms with E-state index in [9.17, 15) is 9.59 Å². The highest BCUT2D eigenvalue weighted by Gasteiger charge is 2.26. The number of carbonyl (C=O) groups is 2. The number of esters is 1. The maximum Gasteiger partial charge on any atom is 0.307 e. The molecular weight excluding hydrogens is 276 g/mol. The van der Waals surface area contributed by atoms with Crippen molar-refractivity contribution in [1.29, 1.82) is 0 Å². The summed E-state index contributed by atoms with van der Waals surface area (Å²) in [7, 11) is 2.92. The van der Waals surface area contributed by atoms with Crippen LogP contribution in [-0.2, 0) is 14.3 Å². The van der Waals surface area contributed by atoms with Gasteiger partial charge in [0.15, 0.2) is 0 Å². The summed E-state index contributed by atoms with van der Waals surface area (Å²) in [5.74, 6) is -1.27. The van der Waals surface area contributed by atoms with Gasteiger partial charge in [-0.25, -0.2) is 0 Å². The molecular formula is C14H18N2O3S. The van der Waals surface area contributed by atoms with Crippen molar-refractivity contribution in [2.45, 2.75) is 12.3 Å². The van der Waals surface area contributed by atoms with Crippen LogP contribution < -0.4 is 5.73 Å². The van der Waals surface area contributed by atoms with Gasteiger partial charge >= 0.3 is 5.97 Å². The van der Waals surface area contributed by atoms with Crippen LogP contribution in [-0.4, -0.2) is 42.5 Å². The largest absolute Gasteiger partial charge is 0.469 e. The third-order valence-electron chi connectivity index (χ3n) is 2.92. The van der Waals surface area contributed by atoms with Crippen molar-refractivity contribution in [3.8, 4) is 0 Å². The van der Waals surface area contributed by atoms with Crippen molar-refractivity contribution < 1.29 is 14.3 Å². The Balaban J connectivity index is 2.80. The fourth-order valence-corrected chi connectivity index (χ4v) is 2.00. The molecule has 0 aliphatic rings. The molecule has 5 nitrogen and oxygen atoms in total. The zero-order valence-electron chi connectivity index (χ0n) is 11.5. The maximum atomic E-state index is 12.4.